The van der Waals surface area contributed by atoms with Crippen LogP contribution in [0.2, 0.25) is 0 Å². The van der Waals surface area contributed by atoms with E-state index in [9.17, 15) is 14.9 Å². The van der Waals surface area contributed by atoms with Crippen LogP contribution in [0.1, 0.15) is 25.8 Å². The maximum Gasteiger partial charge on any atom is 0.324 e. The van der Waals surface area contributed by atoms with Crippen molar-refractivity contribution in [2.45, 2.75) is 32.9 Å². The lowest BCUT2D eigenvalue weighted by molar-refractivity contribution is -0.380. The zero-order valence-electron chi connectivity index (χ0n) is 10.3. The molecule has 0 fully saturated rings. The highest BCUT2D eigenvalue weighted by atomic mass is 32.1. The number of aliphatic carboxylic acids is 1. The van der Waals surface area contributed by atoms with Gasteiger partial charge in [0.25, 0.3) is 0 Å². The lowest BCUT2D eigenvalue weighted by atomic mass is 10.2. The summed E-state index contributed by atoms with van der Waals surface area (Å²) in [5.41, 5.74) is 0.785. The van der Waals surface area contributed by atoms with Gasteiger partial charge in [-0.2, -0.15) is 0 Å². The summed E-state index contributed by atoms with van der Waals surface area (Å²) < 4.78 is 0. The van der Waals surface area contributed by atoms with E-state index in [1.165, 1.54) is 6.07 Å². The number of carboxylic acid groups (broad SMARTS) is 1. The van der Waals surface area contributed by atoms with Gasteiger partial charge in [-0.3, -0.25) is 19.8 Å². The van der Waals surface area contributed by atoms with Crippen LogP contribution < -0.4 is 0 Å². The van der Waals surface area contributed by atoms with E-state index in [1.807, 2.05) is 13.8 Å². The van der Waals surface area contributed by atoms with Crippen molar-refractivity contribution >= 4 is 22.3 Å². The monoisotopic (exact) mass is 272 g/mol. The van der Waals surface area contributed by atoms with E-state index in [0.717, 1.165) is 23.3 Å². The fourth-order valence-electron chi connectivity index (χ4n) is 1.58. The summed E-state index contributed by atoms with van der Waals surface area (Å²) in [6.45, 7) is 4.30. The minimum Gasteiger partial charge on any atom is -0.480 e. The Hall–Kier alpha value is -1.47. The van der Waals surface area contributed by atoms with Crippen LogP contribution in [0, 0.1) is 10.1 Å². The third-order valence-electron chi connectivity index (χ3n) is 2.76. The predicted octanol–water partition coefficient (Wildman–Crippen LogP) is 2.34. The Morgan fingerprint density at radius 2 is 2.33 bits per heavy atom. The smallest absolute Gasteiger partial charge is 0.324 e. The van der Waals surface area contributed by atoms with Gasteiger partial charge in [-0.05, 0) is 18.9 Å². The molecule has 0 radical (unpaired) electrons. The number of hydrogen-bond donors (Lipinski definition) is 1. The highest BCUT2D eigenvalue weighted by Crippen LogP contribution is 2.24. The van der Waals surface area contributed by atoms with Gasteiger partial charge < -0.3 is 5.11 Å². The summed E-state index contributed by atoms with van der Waals surface area (Å²) in [4.78, 5) is 22.7. The molecule has 7 heteroatoms. The molecule has 1 heterocycles. The van der Waals surface area contributed by atoms with Crippen LogP contribution in [0.3, 0.4) is 0 Å². The average molecular weight is 272 g/mol. The molecule has 0 aliphatic carbocycles. The van der Waals surface area contributed by atoms with Crippen LogP contribution in [0.15, 0.2) is 11.4 Å². The SMILES string of the molecule is CCC(C)N(CC(=O)O)Cc1csc([N+](=O)[O-])c1. The molecule has 1 unspecified atom stereocenters. The van der Waals surface area contributed by atoms with E-state index >= 15 is 0 Å². The van der Waals surface area contributed by atoms with Crippen LogP contribution in [-0.4, -0.2) is 33.5 Å². The molecule has 0 aromatic carbocycles. The van der Waals surface area contributed by atoms with Gasteiger partial charge >= 0.3 is 11.0 Å². The minimum absolute atomic E-state index is 0.0569. The quantitative estimate of drug-likeness (QED) is 0.608. The largest absolute Gasteiger partial charge is 0.480 e. The summed E-state index contributed by atoms with van der Waals surface area (Å²) >= 11 is 1.06. The van der Waals surface area contributed by atoms with Crippen molar-refractivity contribution in [3.63, 3.8) is 0 Å². The molecule has 0 spiro atoms. The lowest BCUT2D eigenvalue weighted by Crippen LogP contribution is -2.36. The summed E-state index contributed by atoms with van der Waals surface area (Å²) in [6.07, 6.45) is 0.833. The van der Waals surface area contributed by atoms with E-state index < -0.39 is 10.9 Å². The minimum atomic E-state index is -0.889. The van der Waals surface area contributed by atoms with Crippen molar-refractivity contribution in [2.75, 3.05) is 6.54 Å². The summed E-state index contributed by atoms with van der Waals surface area (Å²) in [6, 6.07) is 1.63. The van der Waals surface area contributed by atoms with Crippen LogP contribution in [0.5, 0.6) is 0 Å². The molecule has 0 amide bonds. The average Bonchev–Trinajstić information content (AvgIpc) is 2.75. The lowest BCUT2D eigenvalue weighted by Gasteiger charge is -2.26. The number of carboxylic acids is 1. The van der Waals surface area contributed by atoms with Gasteiger partial charge in [-0.25, -0.2) is 0 Å². The fourth-order valence-corrected chi connectivity index (χ4v) is 2.30. The normalized spacial score (nSPS) is 12.6. The first-order valence-corrected chi connectivity index (χ1v) is 6.49. The standard InChI is InChI=1S/C11H16N2O4S/c1-3-8(2)12(6-11(14)15)5-9-4-10(13(16)17)18-7-9/h4,7-8H,3,5-6H2,1-2H3,(H,14,15). The predicted molar refractivity (Wildman–Crippen MR) is 68.8 cm³/mol. The second-order valence-corrected chi connectivity index (χ2v) is 5.00. The first-order chi connectivity index (χ1) is 8.43. The number of hydrogen-bond acceptors (Lipinski definition) is 5. The van der Waals surface area contributed by atoms with E-state index in [-0.39, 0.29) is 17.6 Å². The fraction of sp³-hybridized carbons (Fsp3) is 0.545. The van der Waals surface area contributed by atoms with Crippen LogP contribution in [0.4, 0.5) is 5.00 Å². The molecule has 1 aromatic heterocycles. The molecule has 0 saturated heterocycles. The number of rotatable bonds is 7. The van der Waals surface area contributed by atoms with Crippen LogP contribution >= 0.6 is 11.3 Å². The number of nitro groups is 1. The zero-order valence-corrected chi connectivity index (χ0v) is 11.1. The van der Waals surface area contributed by atoms with E-state index in [4.69, 9.17) is 5.11 Å². The Bertz CT molecular complexity index is 432. The summed E-state index contributed by atoms with van der Waals surface area (Å²) in [7, 11) is 0. The maximum absolute atomic E-state index is 10.8. The molecule has 0 aliphatic heterocycles. The second kappa shape index (κ2) is 6.46. The van der Waals surface area contributed by atoms with Gasteiger partial charge in [0.05, 0.1) is 11.5 Å². The Balaban J connectivity index is 2.75. The van der Waals surface area contributed by atoms with Gasteiger partial charge in [0.15, 0.2) is 0 Å². The molecule has 1 aromatic rings. The number of nitrogens with zero attached hydrogens (tertiary/aromatic N) is 2. The maximum atomic E-state index is 10.8. The van der Waals surface area contributed by atoms with Crippen molar-refractivity contribution < 1.29 is 14.8 Å². The molecule has 18 heavy (non-hydrogen) atoms. The Kier molecular flexibility index (Phi) is 5.24. The van der Waals surface area contributed by atoms with Gasteiger partial charge in [0, 0.05) is 24.0 Å². The first kappa shape index (κ1) is 14.6. The van der Waals surface area contributed by atoms with Gasteiger partial charge in [-0.15, -0.1) is 0 Å². The highest BCUT2D eigenvalue weighted by Gasteiger charge is 2.18. The molecule has 0 aliphatic rings. The Labute approximate surface area is 109 Å². The molecular formula is C11H16N2O4S. The van der Waals surface area contributed by atoms with Crippen LogP contribution in [0.25, 0.3) is 0 Å². The number of carbonyl (C=O) groups is 1. The zero-order chi connectivity index (χ0) is 13.7. The van der Waals surface area contributed by atoms with Gasteiger partial charge in [0.1, 0.15) is 0 Å². The van der Waals surface area contributed by atoms with Crippen LogP contribution in [-0.2, 0) is 11.3 Å². The third-order valence-corrected chi connectivity index (χ3v) is 3.69. The van der Waals surface area contributed by atoms with Crippen molar-refractivity contribution in [1.82, 2.24) is 4.90 Å². The first-order valence-electron chi connectivity index (χ1n) is 5.61. The molecule has 1 N–H and O–H groups in total. The van der Waals surface area contributed by atoms with Crippen molar-refractivity contribution in [2.24, 2.45) is 0 Å². The Morgan fingerprint density at radius 3 is 2.78 bits per heavy atom. The third kappa shape index (κ3) is 4.08. The molecule has 6 nitrogen and oxygen atoms in total. The summed E-state index contributed by atoms with van der Waals surface area (Å²) in [5.74, 6) is -0.889. The Morgan fingerprint density at radius 1 is 1.67 bits per heavy atom. The molecule has 1 atom stereocenters. The van der Waals surface area contributed by atoms with E-state index in [0.29, 0.717) is 6.54 Å². The molecule has 1 rings (SSSR count). The number of thiophene rings is 1. The van der Waals surface area contributed by atoms with E-state index in [2.05, 4.69) is 0 Å². The van der Waals surface area contributed by atoms with Crippen molar-refractivity contribution in [3.8, 4) is 0 Å². The van der Waals surface area contributed by atoms with Crippen molar-refractivity contribution in [1.29, 1.82) is 0 Å². The molecular weight excluding hydrogens is 256 g/mol. The van der Waals surface area contributed by atoms with Crippen molar-refractivity contribution in [3.05, 3.63) is 27.1 Å². The van der Waals surface area contributed by atoms with Gasteiger partial charge in [0.2, 0.25) is 0 Å². The second-order valence-electron chi connectivity index (χ2n) is 4.11. The molecule has 0 saturated carbocycles. The molecule has 0 bridgehead atoms. The van der Waals surface area contributed by atoms with E-state index in [1.54, 1.807) is 10.3 Å². The topological polar surface area (TPSA) is 83.7 Å². The highest BCUT2D eigenvalue weighted by molar-refractivity contribution is 7.13. The summed E-state index contributed by atoms with van der Waals surface area (Å²) in [5, 5.41) is 21.2. The molecule has 100 valence electrons. The van der Waals surface area contributed by atoms with Gasteiger partial charge in [-0.1, -0.05) is 18.3 Å².